The molecule has 0 amide bonds. The van der Waals surface area contributed by atoms with Crippen molar-refractivity contribution in [1.29, 1.82) is 0 Å². The lowest BCUT2D eigenvalue weighted by atomic mass is 10.0. The van der Waals surface area contributed by atoms with Gasteiger partial charge in [0.15, 0.2) is 0 Å². The molecule has 0 aromatic heterocycles. The van der Waals surface area contributed by atoms with E-state index in [1.807, 2.05) is 31.2 Å². The van der Waals surface area contributed by atoms with Crippen LogP contribution in [0.4, 0.5) is 5.69 Å². The van der Waals surface area contributed by atoms with E-state index in [-0.39, 0.29) is 5.69 Å². The highest BCUT2D eigenvalue weighted by Gasteiger charge is 2.10. The first-order valence-corrected chi connectivity index (χ1v) is 6.74. The van der Waals surface area contributed by atoms with Crippen LogP contribution in [0.2, 0.25) is 0 Å². The average Bonchev–Trinajstić information content (AvgIpc) is 2.49. The molecule has 1 atom stereocenters. The molecule has 0 aliphatic rings. The van der Waals surface area contributed by atoms with Gasteiger partial charge in [0.2, 0.25) is 0 Å². The fourth-order valence-corrected chi connectivity index (χ4v) is 2.05. The maximum atomic E-state index is 10.6. The molecule has 5 nitrogen and oxygen atoms in total. The van der Waals surface area contributed by atoms with Gasteiger partial charge in [-0.1, -0.05) is 24.3 Å². The Morgan fingerprint density at radius 2 is 1.76 bits per heavy atom. The van der Waals surface area contributed by atoms with E-state index in [1.165, 1.54) is 12.1 Å². The van der Waals surface area contributed by atoms with E-state index in [9.17, 15) is 15.2 Å². The first kappa shape index (κ1) is 15.0. The van der Waals surface area contributed by atoms with Gasteiger partial charge in [-0.05, 0) is 30.2 Å². The number of ether oxygens (including phenoxy) is 1. The molecule has 0 radical (unpaired) electrons. The molecule has 2 aromatic rings. The van der Waals surface area contributed by atoms with Crippen molar-refractivity contribution in [2.45, 2.75) is 19.4 Å². The van der Waals surface area contributed by atoms with E-state index < -0.39 is 11.0 Å². The molecule has 2 aromatic carbocycles. The van der Waals surface area contributed by atoms with Gasteiger partial charge in [-0.25, -0.2) is 0 Å². The van der Waals surface area contributed by atoms with E-state index in [2.05, 4.69) is 0 Å². The predicted octanol–water partition coefficient (Wildman–Crippen LogP) is 3.27. The Balaban J connectivity index is 2.03. The number of benzene rings is 2. The largest absolute Gasteiger partial charge is 0.494 e. The van der Waals surface area contributed by atoms with Gasteiger partial charge < -0.3 is 9.84 Å². The van der Waals surface area contributed by atoms with Gasteiger partial charge in [-0.3, -0.25) is 10.1 Å². The van der Waals surface area contributed by atoms with Gasteiger partial charge in [-0.15, -0.1) is 0 Å². The molecule has 5 heteroatoms. The highest BCUT2D eigenvalue weighted by atomic mass is 16.6. The molecular weight excluding hydrogens is 270 g/mol. The summed E-state index contributed by atoms with van der Waals surface area (Å²) in [4.78, 5) is 10.1. The number of rotatable bonds is 6. The number of nitro groups is 1. The van der Waals surface area contributed by atoms with Crippen LogP contribution in [0.15, 0.2) is 48.5 Å². The van der Waals surface area contributed by atoms with Crippen LogP contribution in [0, 0.1) is 10.1 Å². The Kier molecular flexibility index (Phi) is 4.90. The lowest BCUT2D eigenvalue weighted by molar-refractivity contribution is -0.384. The lowest BCUT2D eigenvalue weighted by Crippen LogP contribution is -2.02. The summed E-state index contributed by atoms with van der Waals surface area (Å²) in [5.74, 6) is 0.767. The summed E-state index contributed by atoms with van der Waals surface area (Å²) in [6.45, 7) is 2.52. The minimum Gasteiger partial charge on any atom is -0.494 e. The van der Waals surface area contributed by atoms with Crippen molar-refractivity contribution in [2.24, 2.45) is 0 Å². The standard InChI is InChI=1S/C16H17NO4/c1-2-21-15-9-5-13(6-10-15)16(18)11-12-3-7-14(8-4-12)17(19)20/h3-10,16,18H,2,11H2,1H3. The number of hydrogen-bond acceptors (Lipinski definition) is 4. The number of nitro benzene ring substituents is 1. The second-order valence-electron chi connectivity index (χ2n) is 4.65. The highest BCUT2D eigenvalue weighted by molar-refractivity contribution is 5.34. The van der Waals surface area contributed by atoms with Crippen LogP contribution in [0.5, 0.6) is 5.75 Å². The summed E-state index contributed by atoms with van der Waals surface area (Å²) >= 11 is 0. The second-order valence-corrected chi connectivity index (χ2v) is 4.65. The zero-order chi connectivity index (χ0) is 15.2. The van der Waals surface area contributed by atoms with E-state index in [0.717, 1.165) is 16.9 Å². The minimum absolute atomic E-state index is 0.0503. The topological polar surface area (TPSA) is 72.6 Å². The number of nitrogens with zero attached hydrogens (tertiary/aromatic N) is 1. The Morgan fingerprint density at radius 1 is 1.14 bits per heavy atom. The summed E-state index contributed by atoms with van der Waals surface area (Å²) in [5.41, 5.74) is 1.69. The molecule has 0 fully saturated rings. The van der Waals surface area contributed by atoms with Crippen molar-refractivity contribution in [1.82, 2.24) is 0 Å². The molecule has 0 saturated carbocycles. The summed E-state index contributed by atoms with van der Waals surface area (Å²) in [6, 6.07) is 13.5. The normalized spacial score (nSPS) is 11.9. The van der Waals surface area contributed by atoms with Gasteiger partial charge in [0.05, 0.1) is 17.6 Å². The minimum atomic E-state index is -0.651. The predicted molar refractivity (Wildman–Crippen MR) is 79.4 cm³/mol. The summed E-state index contributed by atoms with van der Waals surface area (Å²) < 4.78 is 5.35. The van der Waals surface area contributed by atoms with Crippen LogP contribution in [0.3, 0.4) is 0 Å². The summed E-state index contributed by atoms with van der Waals surface area (Å²) in [5, 5.41) is 20.8. The average molecular weight is 287 g/mol. The third-order valence-corrected chi connectivity index (χ3v) is 3.15. The molecular formula is C16H17NO4. The van der Waals surface area contributed by atoms with Gasteiger partial charge in [0.25, 0.3) is 5.69 Å². The first-order valence-electron chi connectivity index (χ1n) is 6.74. The smallest absolute Gasteiger partial charge is 0.269 e. The quantitative estimate of drug-likeness (QED) is 0.653. The summed E-state index contributed by atoms with van der Waals surface area (Å²) in [6.07, 6.45) is -0.242. The van der Waals surface area contributed by atoms with Crippen molar-refractivity contribution in [3.8, 4) is 5.75 Å². The Bertz CT molecular complexity index is 593. The lowest BCUT2D eigenvalue weighted by Gasteiger charge is -2.12. The molecule has 0 aliphatic heterocycles. The monoisotopic (exact) mass is 287 g/mol. The van der Waals surface area contributed by atoms with Gasteiger partial charge in [0.1, 0.15) is 5.75 Å². The first-order chi connectivity index (χ1) is 10.1. The molecule has 0 bridgehead atoms. The summed E-state index contributed by atoms with van der Waals surface area (Å²) in [7, 11) is 0. The third kappa shape index (κ3) is 4.03. The van der Waals surface area contributed by atoms with Crippen molar-refractivity contribution >= 4 is 5.69 Å². The third-order valence-electron chi connectivity index (χ3n) is 3.15. The molecule has 2 rings (SSSR count). The Labute approximate surface area is 123 Å². The molecule has 0 spiro atoms. The van der Waals surface area contributed by atoms with Gasteiger partial charge in [-0.2, -0.15) is 0 Å². The Hall–Kier alpha value is -2.40. The molecule has 0 saturated heterocycles. The van der Waals surface area contributed by atoms with Crippen LogP contribution in [-0.2, 0) is 6.42 Å². The molecule has 1 N–H and O–H groups in total. The van der Waals surface area contributed by atoms with Crippen molar-refractivity contribution < 1.29 is 14.8 Å². The number of aliphatic hydroxyl groups is 1. The maximum Gasteiger partial charge on any atom is 0.269 e. The van der Waals surface area contributed by atoms with Crippen LogP contribution in [0.25, 0.3) is 0 Å². The highest BCUT2D eigenvalue weighted by Crippen LogP contribution is 2.22. The van der Waals surface area contributed by atoms with Crippen molar-refractivity contribution in [3.05, 3.63) is 69.8 Å². The molecule has 21 heavy (non-hydrogen) atoms. The van der Waals surface area contributed by atoms with E-state index in [1.54, 1.807) is 12.1 Å². The number of hydrogen-bond donors (Lipinski definition) is 1. The van der Waals surface area contributed by atoms with Crippen LogP contribution in [-0.4, -0.2) is 16.6 Å². The van der Waals surface area contributed by atoms with E-state index in [4.69, 9.17) is 4.74 Å². The zero-order valence-electron chi connectivity index (χ0n) is 11.7. The SMILES string of the molecule is CCOc1ccc(C(O)Cc2ccc([N+](=O)[O-])cc2)cc1. The fraction of sp³-hybridized carbons (Fsp3) is 0.250. The van der Waals surface area contributed by atoms with E-state index in [0.29, 0.717) is 13.0 Å². The van der Waals surface area contributed by atoms with Crippen LogP contribution < -0.4 is 4.74 Å². The van der Waals surface area contributed by atoms with Gasteiger partial charge in [0, 0.05) is 18.6 Å². The van der Waals surface area contributed by atoms with E-state index >= 15 is 0 Å². The maximum absolute atomic E-state index is 10.6. The Morgan fingerprint density at radius 3 is 2.29 bits per heavy atom. The van der Waals surface area contributed by atoms with Crippen molar-refractivity contribution in [3.63, 3.8) is 0 Å². The number of aliphatic hydroxyl groups excluding tert-OH is 1. The second kappa shape index (κ2) is 6.85. The zero-order valence-corrected chi connectivity index (χ0v) is 11.7. The molecule has 0 aliphatic carbocycles. The molecule has 110 valence electrons. The number of non-ortho nitro benzene ring substituents is 1. The van der Waals surface area contributed by atoms with Crippen LogP contribution >= 0.6 is 0 Å². The van der Waals surface area contributed by atoms with Crippen molar-refractivity contribution in [2.75, 3.05) is 6.61 Å². The fourth-order valence-electron chi connectivity index (χ4n) is 2.05. The van der Waals surface area contributed by atoms with Gasteiger partial charge >= 0.3 is 0 Å². The molecule has 0 heterocycles. The molecule has 1 unspecified atom stereocenters. The van der Waals surface area contributed by atoms with Crippen LogP contribution in [0.1, 0.15) is 24.2 Å².